The summed E-state index contributed by atoms with van der Waals surface area (Å²) in [6, 6.07) is 5.22. The monoisotopic (exact) mass is 535 g/mol. The third-order valence-electron chi connectivity index (χ3n) is 6.95. The van der Waals surface area contributed by atoms with Crippen molar-refractivity contribution in [2.75, 3.05) is 18.8 Å². The normalized spacial score (nSPS) is 27.8. The summed E-state index contributed by atoms with van der Waals surface area (Å²) in [6.45, 7) is -0.193. The van der Waals surface area contributed by atoms with Gasteiger partial charge in [-0.15, -0.1) is 0 Å². The van der Waals surface area contributed by atoms with Crippen LogP contribution >= 0.6 is 11.6 Å². The van der Waals surface area contributed by atoms with Gasteiger partial charge in [0, 0.05) is 25.8 Å². The predicted molar refractivity (Wildman–Crippen MR) is 132 cm³/mol. The van der Waals surface area contributed by atoms with Crippen LogP contribution < -0.4 is 11.5 Å². The lowest BCUT2D eigenvalue weighted by Crippen LogP contribution is -2.68. The molecule has 4 unspecified atom stereocenters. The van der Waals surface area contributed by atoms with E-state index in [2.05, 4.69) is 24.9 Å². The zero-order valence-electron chi connectivity index (χ0n) is 19.6. The molecule has 3 aromatic rings. The van der Waals surface area contributed by atoms with Crippen LogP contribution in [0.1, 0.15) is 18.5 Å². The second-order valence-corrected chi connectivity index (χ2v) is 9.67. The van der Waals surface area contributed by atoms with Crippen LogP contribution in [0.5, 0.6) is 0 Å². The molecule has 14 heteroatoms. The van der Waals surface area contributed by atoms with Gasteiger partial charge in [-0.2, -0.15) is 0 Å². The second kappa shape index (κ2) is 9.63. The van der Waals surface area contributed by atoms with Gasteiger partial charge in [0.15, 0.2) is 16.6 Å². The molecule has 37 heavy (non-hydrogen) atoms. The fourth-order valence-corrected chi connectivity index (χ4v) is 5.35. The number of fused-ring (bicyclic) bond motifs is 1. The van der Waals surface area contributed by atoms with E-state index in [-0.39, 0.29) is 38.3 Å². The largest absolute Gasteiger partial charge is 0.385 e. The molecule has 0 spiro atoms. The predicted octanol–water partition coefficient (Wildman–Crippen LogP) is 2.20. The highest BCUT2D eigenvalue weighted by Gasteiger charge is 2.55. The van der Waals surface area contributed by atoms with E-state index in [9.17, 15) is 13.9 Å². The summed E-state index contributed by atoms with van der Waals surface area (Å²) in [5.41, 5.74) is 12.0. The van der Waals surface area contributed by atoms with Crippen molar-refractivity contribution in [3.63, 3.8) is 0 Å². The van der Waals surface area contributed by atoms with Gasteiger partial charge < -0.3 is 21.1 Å². The van der Waals surface area contributed by atoms with Gasteiger partial charge in [0.1, 0.15) is 17.9 Å². The Hall–Kier alpha value is -3.13. The minimum absolute atomic E-state index is 0.00298. The molecule has 0 radical (unpaired) electrons. The topological polar surface area (TPSA) is 144 Å². The first-order chi connectivity index (χ1) is 17.6. The van der Waals surface area contributed by atoms with Crippen molar-refractivity contribution < 1.29 is 18.3 Å². The molecule has 0 bridgehead atoms. The van der Waals surface area contributed by atoms with Crippen LogP contribution in [0, 0.1) is 5.92 Å². The number of piperidine rings is 1. The molecular formula is C23H25ClF3N9O. The number of pyridine rings is 1. The van der Waals surface area contributed by atoms with Crippen molar-refractivity contribution in [3.8, 4) is 0 Å². The van der Waals surface area contributed by atoms with Crippen LogP contribution in [-0.2, 0) is 6.54 Å². The second-order valence-electron chi connectivity index (χ2n) is 9.31. The Morgan fingerprint density at radius 2 is 2.03 bits per heavy atom. The van der Waals surface area contributed by atoms with E-state index in [1.807, 2.05) is 0 Å². The number of likely N-dealkylation sites (tertiary alicyclic amines) is 1. The Bertz CT molecular complexity index is 1350. The first kappa shape index (κ1) is 25.5. The van der Waals surface area contributed by atoms with Crippen LogP contribution in [0.3, 0.4) is 0 Å². The smallest absolute Gasteiger partial charge is 0.265 e. The molecule has 5 rings (SSSR count). The number of nitrogen functional groups attached to an aromatic ring is 1. The number of aromatic nitrogens is 5. The van der Waals surface area contributed by atoms with E-state index in [0.717, 1.165) is 0 Å². The van der Waals surface area contributed by atoms with Gasteiger partial charge in [-0.1, -0.05) is 17.7 Å². The summed E-state index contributed by atoms with van der Waals surface area (Å²) in [5, 5.41) is 9.75. The lowest BCUT2D eigenvalue weighted by Gasteiger charge is -2.50. The van der Waals surface area contributed by atoms with Gasteiger partial charge in [0.05, 0.1) is 29.2 Å². The van der Waals surface area contributed by atoms with Crippen molar-refractivity contribution in [2.45, 2.75) is 43.2 Å². The highest BCUT2D eigenvalue weighted by Crippen LogP contribution is 2.42. The molecule has 2 aliphatic rings. The quantitative estimate of drug-likeness (QED) is 0.407. The molecule has 1 fully saturated rings. The molecule has 4 atom stereocenters. The first-order valence-corrected chi connectivity index (χ1v) is 12.0. The Balaban J connectivity index is 1.57. The number of hydrogen-bond donors (Lipinski definition) is 3. The van der Waals surface area contributed by atoms with Crippen LogP contribution in [0.25, 0.3) is 16.9 Å². The van der Waals surface area contributed by atoms with E-state index in [0.29, 0.717) is 22.6 Å². The minimum atomic E-state index is -3.08. The molecule has 10 nitrogen and oxygen atoms in total. The van der Waals surface area contributed by atoms with Crippen LogP contribution in [-0.4, -0.2) is 76.6 Å². The third kappa shape index (κ3) is 4.45. The molecule has 5 heterocycles. The maximum absolute atomic E-state index is 17.3. The fourth-order valence-electron chi connectivity index (χ4n) is 5.00. The summed E-state index contributed by atoms with van der Waals surface area (Å²) in [6.07, 6.45) is 1.09. The molecule has 5 N–H and O–H groups in total. The number of nitrogens with zero attached hydrogens (tertiary/aromatic N) is 7. The number of alkyl halides is 3. The maximum atomic E-state index is 17.3. The Labute approximate surface area is 214 Å². The third-order valence-corrected chi connectivity index (χ3v) is 7.30. The SMILES string of the molecule is Nc1ncnc2c1ncn2CC1C=C(c2ccccn2)N=C(Cl)C1(F)N1CCCC(N)(C(O)C(F)F)C1. The number of nitrogens with two attached hydrogens (primary N) is 2. The number of rotatable bonds is 6. The van der Waals surface area contributed by atoms with E-state index in [1.165, 1.54) is 17.6 Å². The molecule has 0 aliphatic carbocycles. The molecule has 196 valence electrons. The summed E-state index contributed by atoms with van der Waals surface area (Å²) < 4.78 is 45.7. The van der Waals surface area contributed by atoms with Gasteiger partial charge >= 0.3 is 0 Å². The molecule has 0 amide bonds. The molecular weight excluding hydrogens is 511 g/mol. The standard InChI is InChI=1S/C23H25ClF3N9O/c24-21-23(27,36-7-3-5-22(29,10-36)17(37)18(25)26)13(8-15(34-21)14-4-1-2-6-30-14)9-35-12-33-16-19(28)31-11-32-20(16)35/h1-2,4,6,8,11-13,17-18,37H,3,5,7,9-10,29H2,(H2,28,31,32). The zero-order valence-corrected chi connectivity index (χ0v) is 20.3. The zero-order chi connectivity index (χ0) is 26.4. The van der Waals surface area contributed by atoms with Gasteiger partial charge in [-0.25, -0.2) is 33.1 Å². The summed E-state index contributed by atoms with van der Waals surface area (Å²) in [7, 11) is 0. The van der Waals surface area contributed by atoms with Gasteiger partial charge in [0.25, 0.3) is 6.43 Å². The molecule has 0 saturated carbocycles. The van der Waals surface area contributed by atoms with Crippen LogP contribution in [0.4, 0.5) is 19.0 Å². The highest BCUT2D eigenvalue weighted by molar-refractivity contribution is 6.67. The summed E-state index contributed by atoms with van der Waals surface area (Å²) >= 11 is 6.56. The van der Waals surface area contributed by atoms with E-state index >= 15 is 4.39 Å². The van der Waals surface area contributed by atoms with Gasteiger partial charge in [-0.05, 0) is 31.1 Å². The van der Waals surface area contributed by atoms with Gasteiger partial charge in [-0.3, -0.25) is 9.88 Å². The maximum Gasteiger partial charge on any atom is 0.265 e. The average Bonchev–Trinajstić information content (AvgIpc) is 3.30. The van der Waals surface area contributed by atoms with Crippen molar-refractivity contribution in [2.24, 2.45) is 16.6 Å². The average molecular weight is 536 g/mol. The van der Waals surface area contributed by atoms with E-state index < -0.39 is 34.9 Å². The molecule has 3 aromatic heterocycles. The number of aliphatic hydroxyl groups excluding tert-OH is 1. The van der Waals surface area contributed by atoms with Gasteiger partial charge in [0.2, 0.25) is 5.79 Å². The number of anilines is 1. The Kier molecular flexibility index (Phi) is 6.64. The minimum Gasteiger partial charge on any atom is -0.385 e. The first-order valence-electron chi connectivity index (χ1n) is 11.6. The molecule has 2 aliphatic heterocycles. The summed E-state index contributed by atoms with van der Waals surface area (Å²) in [5.74, 6) is -3.25. The molecule has 1 saturated heterocycles. The Morgan fingerprint density at radius 3 is 2.76 bits per heavy atom. The number of hydrogen-bond acceptors (Lipinski definition) is 9. The van der Waals surface area contributed by atoms with Crippen molar-refractivity contribution in [1.29, 1.82) is 0 Å². The summed E-state index contributed by atoms with van der Waals surface area (Å²) in [4.78, 5) is 22.3. The van der Waals surface area contributed by atoms with E-state index in [1.54, 1.807) is 35.0 Å². The van der Waals surface area contributed by atoms with Crippen molar-refractivity contribution in [1.82, 2.24) is 29.4 Å². The number of aliphatic hydroxyl groups is 1. The van der Waals surface area contributed by atoms with Crippen molar-refractivity contribution >= 4 is 39.5 Å². The number of halogens is 4. The van der Waals surface area contributed by atoms with Crippen LogP contribution in [0.2, 0.25) is 0 Å². The lowest BCUT2D eigenvalue weighted by atomic mass is 9.81. The van der Waals surface area contributed by atoms with E-state index in [4.69, 9.17) is 23.1 Å². The van der Waals surface area contributed by atoms with Crippen molar-refractivity contribution in [3.05, 3.63) is 48.8 Å². The number of aliphatic imine (C=N–C) groups is 1. The Morgan fingerprint density at radius 1 is 1.22 bits per heavy atom. The number of imidazole rings is 1. The van der Waals surface area contributed by atoms with Crippen LogP contribution in [0.15, 0.2) is 48.1 Å². The lowest BCUT2D eigenvalue weighted by molar-refractivity contribution is -0.101. The fraction of sp³-hybridized carbons (Fsp3) is 0.435. The molecule has 0 aromatic carbocycles. The highest BCUT2D eigenvalue weighted by atomic mass is 35.5.